The molecule has 16 heteroatoms. The highest BCUT2D eigenvalue weighted by Gasteiger charge is 2.58. The highest BCUT2D eigenvalue weighted by molar-refractivity contribution is 6.35. The summed E-state index contributed by atoms with van der Waals surface area (Å²) in [6.45, 7) is -0.511. The number of nitrogens with zero attached hydrogens (tertiary/aromatic N) is 3. The SMILES string of the molecule is COc1cc(C(=O)NC[C@](O)(c2cc3c(c(-c4cc(Cl)cc(Cl)c4F)n2)OC[C@]3(C)C(N)=O)C(F)(F)F)cc2cn(C3CC3)nc12. The minimum Gasteiger partial charge on any atom is -0.494 e. The van der Waals surface area contributed by atoms with Crippen LogP contribution >= 0.6 is 23.2 Å². The fourth-order valence-corrected chi connectivity index (χ4v) is 5.78. The number of nitrogens with two attached hydrogens (primary N) is 1. The lowest BCUT2D eigenvalue weighted by Crippen LogP contribution is -2.51. The summed E-state index contributed by atoms with van der Waals surface area (Å²) in [7, 11) is 1.37. The van der Waals surface area contributed by atoms with Gasteiger partial charge in [-0.1, -0.05) is 23.2 Å². The summed E-state index contributed by atoms with van der Waals surface area (Å²) in [6, 6.07) is 5.92. The zero-order chi connectivity index (χ0) is 33.3. The topological polar surface area (TPSA) is 142 Å². The quantitative estimate of drug-likeness (QED) is 0.171. The maximum atomic E-state index is 15.3. The van der Waals surface area contributed by atoms with Crippen molar-refractivity contribution in [2.45, 2.75) is 43.0 Å². The lowest BCUT2D eigenvalue weighted by atomic mass is 9.81. The van der Waals surface area contributed by atoms with Gasteiger partial charge in [0.15, 0.2) is 5.82 Å². The van der Waals surface area contributed by atoms with Gasteiger partial charge in [0.05, 0.1) is 30.4 Å². The molecule has 2 atom stereocenters. The fourth-order valence-electron chi connectivity index (χ4n) is 5.29. The molecule has 46 heavy (non-hydrogen) atoms. The van der Waals surface area contributed by atoms with Gasteiger partial charge in [0.1, 0.15) is 34.7 Å². The Bertz CT molecular complexity index is 1930. The van der Waals surface area contributed by atoms with Crippen molar-refractivity contribution in [2.75, 3.05) is 20.3 Å². The third kappa shape index (κ3) is 5.17. The Balaban J connectivity index is 1.43. The summed E-state index contributed by atoms with van der Waals surface area (Å²) < 4.78 is 72.4. The molecule has 3 heterocycles. The smallest absolute Gasteiger partial charge is 0.424 e. The second-order valence-corrected chi connectivity index (χ2v) is 12.3. The number of pyridine rings is 1. The van der Waals surface area contributed by atoms with Gasteiger partial charge < -0.3 is 25.6 Å². The molecule has 1 aliphatic carbocycles. The number of amides is 2. The number of rotatable bonds is 8. The van der Waals surface area contributed by atoms with Crippen LogP contribution in [0.25, 0.3) is 22.2 Å². The first-order valence-corrected chi connectivity index (χ1v) is 14.6. The number of aromatic nitrogens is 3. The molecule has 4 aromatic rings. The number of benzene rings is 2. The van der Waals surface area contributed by atoms with Crippen LogP contribution in [0.4, 0.5) is 17.6 Å². The van der Waals surface area contributed by atoms with Crippen molar-refractivity contribution in [1.82, 2.24) is 20.1 Å². The molecule has 2 amide bonds. The van der Waals surface area contributed by atoms with E-state index in [2.05, 4.69) is 15.4 Å². The first kappa shape index (κ1) is 31.8. The molecule has 0 saturated heterocycles. The van der Waals surface area contributed by atoms with Gasteiger partial charge in [0.2, 0.25) is 11.5 Å². The zero-order valence-electron chi connectivity index (χ0n) is 24.1. The Hall–Kier alpha value is -4.14. The lowest BCUT2D eigenvalue weighted by molar-refractivity contribution is -0.265. The Morgan fingerprint density at radius 2 is 1.93 bits per heavy atom. The minimum atomic E-state index is -5.45. The summed E-state index contributed by atoms with van der Waals surface area (Å²) in [5, 5.41) is 17.9. The normalized spacial score (nSPS) is 19.0. The third-order valence-electron chi connectivity index (χ3n) is 8.26. The van der Waals surface area contributed by atoms with E-state index < -0.39 is 69.9 Å². The summed E-state index contributed by atoms with van der Waals surface area (Å²) in [4.78, 5) is 29.7. The number of alkyl halides is 3. The number of carbonyl (C=O) groups is 2. The van der Waals surface area contributed by atoms with Crippen LogP contribution in [0.15, 0.2) is 36.5 Å². The van der Waals surface area contributed by atoms with E-state index in [-0.39, 0.29) is 33.7 Å². The Morgan fingerprint density at radius 1 is 1.22 bits per heavy atom. The largest absolute Gasteiger partial charge is 0.494 e. The number of halogens is 6. The van der Waals surface area contributed by atoms with Crippen LogP contribution in [0.5, 0.6) is 11.5 Å². The van der Waals surface area contributed by atoms with Gasteiger partial charge in [-0.3, -0.25) is 14.3 Å². The van der Waals surface area contributed by atoms with Crippen molar-refractivity contribution in [3.63, 3.8) is 0 Å². The van der Waals surface area contributed by atoms with Crippen molar-refractivity contribution in [1.29, 1.82) is 0 Å². The van der Waals surface area contributed by atoms with Crippen LogP contribution in [-0.2, 0) is 15.8 Å². The van der Waals surface area contributed by atoms with Gasteiger partial charge in [-0.05, 0) is 50.1 Å². The van der Waals surface area contributed by atoms with E-state index in [4.69, 9.17) is 38.4 Å². The van der Waals surface area contributed by atoms with Crippen molar-refractivity contribution < 1.29 is 41.7 Å². The fraction of sp³-hybridized carbons (Fsp3) is 0.333. The van der Waals surface area contributed by atoms with Crippen LogP contribution in [-0.4, -0.2) is 58.1 Å². The number of ether oxygens (including phenoxy) is 2. The molecule has 2 aromatic heterocycles. The summed E-state index contributed by atoms with van der Waals surface area (Å²) in [5.74, 6) is -3.04. The predicted octanol–water partition coefficient (Wildman–Crippen LogP) is 5.20. The molecule has 1 fully saturated rings. The molecule has 2 aromatic carbocycles. The van der Waals surface area contributed by atoms with Gasteiger partial charge >= 0.3 is 6.18 Å². The lowest BCUT2D eigenvalue weighted by Gasteiger charge is -2.31. The number of fused-ring (bicyclic) bond motifs is 2. The highest BCUT2D eigenvalue weighted by atomic mass is 35.5. The summed E-state index contributed by atoms with van der Waals surface area (Å²) >= 11 is 12.0. The maximum Gasteiger partial charge on any atom is 0.424 e. The standard InChI is InChI=1S/C30H25Cl2F4N5O5/c1-28(27(37)43)12-46-25-18(28)9-21(39-24(25)17-7-15(31)8-19(32)22(17)33)29(44,30(34,35)36)11-38-26(42)13-5-14-10-41(16-3-4-16)40-23(14)20(6-13)45-2/h5-10,16,44H,3-4,11-12H2,1-2H3,(H2,37,43)(H,38,42)/t28-,29-/m0/s1. The first-order valence-electron chi connectivity index (χ1n) is 13.8. The molecule has 0 radical (unpaired) electrons. The van der Waals surface area contributed by atoms with E-state index in [0.717, 1.165) is 31.0 Å². The zero-order valence-corrected chi connectivity index (χ0v) is 25.6. The van der Waals surface area contributed by atoms with Crippen LogP contribution < -0.4 is 20.5 Å². The molecule has 4 N–H and O–H groups in total. The Kier molecular flexibility index (Phi) is 7.60. The van der Waals surface area contributed by atoms with Crippen molar-refractivity contribution in [3.8, 4) is 22.8 Å². The van der Waals surface area contributed by atoms with E-state index in [1.165, 1.54) is 26.2 Å². The number of hydrogen-bond acceptors (Lipinski definition) is 7. The van der Waals surface area contributed by atoms with Gasteiger partial charge in [0.25, 0.3) is 5.91 Å². The average molecular weight is 682 g/mol. The molecule has 0 bridgehead atoms. The molecule has 1 aliphatic heterocycles. The van der Waals surface area contributed by atoms with Gasteiger partial charge in [-0.2, -0.15) is 18.3 Å². The molecule has 0 spiro atoms. The van der Waals surface area contributed by atoms with E-state index >= 15 is 4.39 Å². The number of hydrogen-bond donors (Lipinski definition) is 3. The average Bonchev–Trinajstić information content (AvgIpc) is 3.67. The summed E-state index contributed by atoms with van der Waals surface area (Å²) in [5.41, 5.74) is -1.76. The number of carbonyl (C=O) groups excluding carboxylic acids is 2. The molecular formula is C30H25Cl2F4N5O5. The second-order valence-electron chi connectivity index (χ2n) is 11.5. The van der Waals surface area contributed by atoms with Crippen LogP contribution in [0.2, 0.25) is 10.0 Å². The highest BCUT2D eigenvalue weighted by Crippen LogP contribution is 2.49. The van der Waals surface area contributed by atoms with Crippen molar-refractivity contribution in [3.05, 3.63) is 69.2 Å². The number of aliphatic hydroxyl groups is 1. The number of nitrogens with one attached hydrogen (secondary N) is 1. The van der Waals surface area contributed by atoms with Crippen LogP contribution in [0, 0.1) is 5.82 Å². The summed E-state index contributed by atoms with van der Waals surface area (Å²) in [6.07, 6.45) is -1.84. The monoisotopic (exact) mass is 681 g/mol. The van der Waals surface area contributed by atoms with E-state index in [1.54, 1.807) is 10.9 Å². The second kappa shape index (κ2) is 11.0. The number of primary amides is 1. The molecule has 242 valence electrons. The maximum absolute atomic E-state index is 15.3. The molecule has 1 saturated carbocycles. The van der Waals surface area contributed by atoms with E-state index in [0.29, 0.717) is 10.9 Å². The molecule has 6 rings (SSSR count). The third-order valence-corrected chi connectivity index (χ3v) is 8.75. The van der Waals surface area contributed by atoms with Crippen molar-refractivity contribution in [2.24, 2.45) is 5.73 Å². The first-order chi connectivity index (χ1) is 21.6. The number of methoxy groups -OCH3 is 1. The Labute approximate surface area is 268 Å². The van der Waals surface area contributed by atoms with E-state index in [1.807, 2.05) is 0 Å². The minimum absolute atomic E-state index is 0.0582. The van der Waals surface area contributed by atoms with Gasteiger partial charge in [-0.15, -0.1) is 0 Å². The van der Waals surface area contributed by atoms with Gasteiger partial charge in [-0.25, -0.2) is 9.37 Å². The molecular weight excluding hydrogens is 657 g/mol. The molecule has 10 nitrogen and oxygen atoms in total. The van der Waals surface area contributed by atoms with Gasteiger partial charge in [0, 0.05) is 33.3 Å². The molecule has 2 aliphatic rings. The van der Waals surface area contributed by atoms with Crippen LogP contribution in [0.1, 0.15) is 47.4 Å². The molecule has 0 unspecified atom stereocenters. The van der Waals surface area contributed by atoms with Crippen LogP contribution in [0.3, 0.4) is 0 Å². The predicted molar refractivity (Wildman–Crippen MR) is 159 cm³/mol. The Morgan fingerprint density at radius 3 is 2.57 bits per heavy atom. The van der Waals surface area contributed by atoms with Crippen molar-refractivity contribution >= 4 is 45.9 Å². The van der Waals surface area contributed by atoms with E-state index in [9.17, 15) is 27.9 Å².